The van der Waals surface area contributed by atoms with E-state index in [2.05, 4.69) is 10.3 Å². The summed E-state index contributed by atoms with van der Waals surface area (Å²) in [6, 6.07) is 7.84. The van der Waals surface area contributed by atoms with E-state index in [1.807, 2.05) is 54.4 Å². The summed E-state index contributed by atoms with van der Waals surface area (Å²) in [7, 11) is 3.98. The van der Waals surface area contributed by atoms with Crippen molar-refractivity contribution in [1.29, 1.82) is 0 Å². The van der Waals surface area contributed by atoms with E-state index < -0.39 is 0 Å². The quantitative estimate of drug-likeness (QED) is 0.904. The van der Waals surface area contributed by atoms with Crippen LogP contribution in [-0.4, -0.2) is 54.5 Å². The molecule has 1 saturated heterocycles. The molecule has 3 heterocycles. The number of piperidine rings is 1. The number of hydrogen-bond donors (Lipinski definition) is 1. The van der Waals surface area contributed by atoms with Crippen molar-refractivity contribution >= 4 is 11.6 Å². The monoisotopic (exact) mass is 365 g/mol. The lowest BCUT2D eigenvalue weighted by molar-refractivity contribution is 0.0704. The van der Waals surface area contributed by atoms with Crippen molar-refractivity contribution in [2.45, 2.75) is 31.7 Å². The molecule has 4 rings (SSSR count). The number of hydrogen-bond acceptors (Lipinski definition) is 5. The molecule has 0 saturated carbocycles. The van der Waals surface area contributed by atoms with E-state index in [1.54, 1.807) is 0 Å². The van der Waals surface area contributed by atoms with Crippen molar-refractivity contribution in [3.05, 3.63) is 53.1 Å². The van der Waals surface area contributed by atoms with E-state index in [-0.39, 0.29) is 11.8 Å². The van der Waals surface area contributed by atoms with Crippen molar-refractivity contribution in [1.82, 2.24) is 20.2 Å². The largest absolute Gasteiger partial charge is 0.378 e. The third-order valence-electron chi connectivity index (χ3n) is 5.51. The van der Waals surface area contributed by atoms with Crippen LogP contribution in [-0.2, 0) is 13.0 Å². The second kappa shape index (κ2) is 7.64. The molecule has 0 radical (unpaired) electrons. The van der Waals surface area contributed by atoms with Crippen LogP contribution in [0.3, 0.4) is 0 Å². The molecule has 27 heavy (non-hydrogen) atoms. The van der Waals surface area contributed by atoms with Gasteiger partial charge in [0.05, 0.1) is 0 Å². The number of nitrogens with one attached hydrogen (secondary N) is 1. The minimum atomic E-state index is 0.102. The van der Waals surface area contributed by atoms with Gasteiger partial charge in [-0.1, -0.05) is 6.07 Å². The number of benzene rings is 1. The summed E-state index contributed by atoms with van der Waals surface area (Å²) >= 11 is 0. The SMILES string of the molecule is CN(C)c1cccc(C(=O)N2CCC[C@H](c3ncc4c(n3)CCNC4)C2)c1. The summed E-state index contributed by atoms with van der Waals surface area (Å²) in [4.78, 5) is 26.5. The lowest BCUT2D eigenvalue weighted by Gasteiger charge is -2.32. The highest BCUT2D eigenvalue weighted by Gasteiger charge is 2.28. The van der Waals surface area contributed by atoms with Gasteiger partial charge in [-0.05, 0) is 31.0 Å². The van der Waals surface area contributed by atoms with Gasteiger partial charge in [-0.2, -0.15) is 0 Å². The third-order valence-corrected chi connectivity index (χ3v) is 5.51. The van der Waals surface area contributed by atoms with E-state index in [9.17, 15) is 4.79 Å². The second-order valence-corrected chi connectivity index (χ2v) is 7.66. The van der Waals surface area contributed by atoms with Crippen LogP contribution in [0, 0.1) is 0 Å². The number of carbonyl (C=O) groups is 1. The Morgan fingerprint density at radius 2 is 2.22 bits per heavy atom. The summed E-state index contributed by atoms with van der Waals surface area (Å²) < 4.78 is 0. The zero-order valence-electron chi connectivity index (χ0n) is 16.1. The first-order chi connectivity index (χ1) is 13.1. The lowest BCUT2D eigenvalue weighted by atomic mass is 9.96. The fraction of sp³-hybridized carbons (Fsp3) is 0.476. The summed E-state index contributed by atoms with van der Waals surface area (Å²) in [6.07, 6.45) is 4.95. The molecule has 6 nitrogen and oxygen atoms in total. The Kier molecular flexibility index (Phi) is 5.07. The molecule has 2 aliphatic rings. The molecular weight excluding hydrogens is 338 g/mol. The number of fused-ring (bicyclic) bond motifs is 1. The Labute approximate surface area is 160 Å². The van der Waals surface area contributed by atoms with Crippen molar-refractivity contribution in [2.24, 2.45) is 0 Å². The Balaban J connectivity index is 1.51. The lowest BCUT2D eigenvalue weighted by Crippen LogP contribution is -2.39. The number of nitrogens with zero attached hydrogens (tertiary/aromatic N) is 4. The van der Waals surface area contributed by atoms with Crippen LogP contribution in [0.4, 0.5) is 5.69 Å². The normalized spacial score (nSPS) is 19.5. The maximum Gasteiger partial charge on any atom is 0.253 e. The van der Waals surface area contributed by atoms with Gasteiger partial charge in [0.15, 0.2) is 0 Å². The maximum atomic E-state index is 13.0. The van der Waals surface area contributed by atoms with E-state index >= 15 is 0 Å². The van der Waals surface area contributed by atoms with Crippen LogP contribution in [0.1, 0.15) is 46.2 Å². The zero-order chi connectivity index (χ0) is 18.8. The van der Waals surface area contributed by atoms with Gasteiger partial charge in [-0.3, -0.25) is 4.79 Å². The van der Waals surface area contributed by atoms with Gasteiger partial charge < -0.3 is 15.1 Å². The van der Waals surface area contributed by atoms with Gasteiger partial charge >= 0.3 is 0 Å². The molecule has 1 atom stereocenters. The van der Waals surface area contributed by atoms with E-state index in [0.717, 1.165) is 56.0 Å². The average molecular weight is 365 g/mol. The first kappa shape index (κ1) is 17.9. The van der Waals surface area contributed by atoms with Crippen LogP contribution in [0.2, 0.25) is 0 Å². The smallest absolute Gasteiger partial charge is 0.253 e. The molecule has 1 aromatic heterocycles. The molecular formula is C21H27N5O. The topological polar surface area (TPSA) is 61.4 Å². The van der Waals surface area contributed by atoms with Crippen molar-refractivity contribution < 1.29 is 4.79 Å². The fourth-order valence-corrected chi connectivity index (χ4v) is 3.92. The average Bonchev–Trinajstić information content (AvgIpc) is 2.73. The number of likely N-dealkylation sites (tertiary alicyclic amines) is 1. The second-order valence-electron chi connectivity index (χ2n) is 7.66. The molecule has 0 unspecified atom stereocenters. The standard InChI is InChI=1S/C21H27N5O/c1-25(2)18-7-3-5-15(11-18)21(27)26-10-4-6-16(14-26)20-23-13-17-12-22-9-8-19(17)24-20/h3,5,7,11,13,16,22H,4,6,8-10,12,14H2,1-2H3/t16-/m0/s1. The molecule has 2 aliphatic heterocycles. The Morgan fingerprint density at radius 3 is 3.07 bits per heavy atom. The van der Waals surface area contributed by atoms with Crippen molar-refractivity contribution in [3.8, 4) is 0 Å². The highest BCUT2D eigenvalue weighted by atomic mass is 16.2. The van der Waals surface area contributed by atoms with Gasteiger partial charge in [0.1, 0.15) is 5.82 Å². The van der Waals surface area contributed by atoms with Crippen molar-refractivity contribution in [2.75, 3.05) is 38.6 Å². The minimum absolute atomic E-state index is 0.102. The van der Waals surface area contributed by atoms with Crippen molar-refractivity contribution in [3.63, 3.8) is 0 Å². The van der Waals surface area contributed by atoms with Gasteiger partial charge in [0.2, 0.25) is 0 Å². The molecule has 1 amide bonds. The van der Waals surface area contributed by atoms with Crippen LogP contribution in [0.15, 0.2) is 30.5 Å². The van der Waals surface area contributed by atoms with Crippen LogP contribution in [0.25, 0.3) is 0 Å². The first-order valence-corrected chi connectivity index (χ1v) is 9.74. The first-order valence-electron chi connectivity index (χ1n) is 9.74. The minimum Gasteiger partial charge on any atom is -0.378 e. The van der Waals surface area contributed by atoms with E-state index in [0.29, 0.717) is 6.54 Å². The molecule has 2 aromatic rings. The van der Waals surface area contributed by atoms with Crippen LogP contribution < -0.4 is 10.2 Å². The molecule has 142 valence electrons. The number of anilines is 1. The predicted molar refractivity (Wildman–Crippen MR) is 106 cm³/mol. The summed E-state index contributed by atoms with van der Waals surface area (Å²) in [6.45, 7) is 3.33. The summed E-state index contributed by atoms with van der Waals surface area (Å²) in [5, 5.41) is 3.36. The number of rotatable bonds is 3. The number of amides is 1. The summed E-state index contributed by atoms with van der Waals surface area (Å²) in [5.41, 5.74) is 4.16. The third kappa shape index (κ3) is 3.81. The van der Waals surface area contributed by atoms with E-state index in [1.165, 1.54) is 11.3 Å². The Hall–Kier alpha value is -2.47. The predicted octanol–water partition coefficient (Wildman–Crippen LogP) is 2.21. The van der Waals surface area contributed by atoms with Gasteiger partial charge in [0, 0.05) is 81.3 Å². The van der Waals surface area contributed by atoms with Gasteiger partial charge in [-0.15, -0.1) is 0 Å². The molecule has 1 aromatic carbocycles. The van der Waals surface area contributed by atoms with Crippen LogP contribution >= 0.6 is 0 Å². The number of aromatic nitrogens is 2. The molecule has 0 bridgehead atoms. The highest BCUT2D eigenvalue weighted by Crippen LogP contribution is 2.27. The molecule has 6 heteroatoms. The molecule has 0 spiro atoms. The number of carbonyl (C=O) groups excluding carboxylic acids is 1. The Morgan fingerprint density at radius 1 is 1.33 bits per heavy atom. The van der Waals surface area contributed by atoms with Gasteiger partial charge in [0.25, 0.3) is 5.91 Å². The molecule has 1 fully saturated rings. The summed E-state index contributed by atoms with van der Waals surface area (Å²) in [5.74, 6) is 1.22. The zero-order valence-corrected chi connectivity index (χ0v) is 16.1. The Bertz CT molecular complexity index is 835. The van der Waals surface area contributed by atoms with E-state index in [4.69, 9.17) is 4.98 Å². The highest BCUT2D eigenvalue weighted by molar-refractivity contribution is 5.95. The molecule has 1 N–H and O–H groups in total. The maximum absolute atomic E-state index is 13.0. The van der Waals surface area contributed by atoms with Gasteiger partial charge in [-0.25, -0.2) is 9.97 Å². The fourth-order valence-electron chi connectivity index (χ4n) is 3.92. The van der Waals surface area contributed by atoms with Crippen LogP contribution in [0.5, 0.6) is 0 Å². The molecule has 0 aliphatic carbocycles.